The van der Waals surface area contributed by atoms with Gasteiger partial charge in [-0.05, 0) is 36.8 Å². The molecule has 19 heavy (non-hydrogen) atoms. The Morgan fingerprint density at radius 3 is 1.47 bits per heavy atom. The van der Waals surface area contributed by atoms with Crippen molar-refractivity contribution in [2.75, 3.05) is 0 Å². The summed E-state index contributed by atoms with van der Waals surface area (Å²) in [5, 5.41) is 0. The Balaban J connectivity index is 2.31. The molecule has 0 atom stereocenters. The number of benzene rings is 1. The average molecular weight is 260 g/mol. The first kappa shape index (κ1) is 16.3. The third-order valence-electron chi connectivity index (χ3n) is 3.97. The van der Waals surface area contributed by atoms with E-state index in [1.807, 2.05) is 0 Å². The molecule has 0 aromatic heterocycles. The molecule has 1 aromatic rings. The van der Waals surface area contributed by atoms with Crippen molar-refractivity contribution in [1.82, 2.24) is 0 Å². The van der Waals surface area contributed by atoms with Crippen molar-refractivity contribution < 1.29 is 0 Å². The molecule has 0 spiro atoms. The zero-order valence-electron chi connectivity index (χ0n) is 13.1. The Kier molecular flexibility index (Phi) is 9.49. The average Bonchev–Trinajstić information content (AvgIpc) is 2.45. The number of rotatable bonds is 11. The third kappa shape index (κ3) is 7.40. The Morgan fingerprint density at radius 2 is 1.00 bits per heavy atom. The molecule has 0 heteroatoms. The quantitative estimate of drug-likeness (QED) is 0.408. The molecule has 0 saturated carbocycles. The van der Waals surface area contributed by atoms with Crippen LogP contribution < -0.4 is 0 Å². The van der Waals surface area contributed by atoms with E-state index in [9.17, 15) is 0 Å². The van der Waals surface area contributed by atoms with Gasteiger partial charge in [0.1, 0.15) is 0 Å². The van der Waals surface area contributed by atoms with Crippen molar-refractivity contribution in [3.63, 3.8) is 0 Å². The lowest BCUT2D eigenvalue weighted by Crippen LogP contribution is -1.95. The van der Waals surface area contributed by atoms with Gasteiger partial charge in [-0.3, -0.25) is 0 Å². The summed E-state index contributed by atoms with van der Waals surface area (Å²) in [7, 11) is 0. The van der Waals surface area contributed by atoms with Gasteiger partial charge in [0.25, 0.3) is 0 Å². The van der Waals surface area contributed by atoms with Crippen LogP contribution in [0.2, 0.25) is 0 Å². The summed E-state index contributed by atoms with van der Waals surface area (Å²) in [6.07, 6.45) is 15.0. The van der Waals surface area contributed by atoms with E-state index >= 15 is 0 Å². The smallest absolute Gasteiger partial charge is 0.0276 e. The van der Waals surface area contributed by atoms with Gasteiger partial charge in [-0.2, -0.15) is 0 Å². The minimum atomic E-state index is 1.28. The monoisotopic (exact) mass is 260 g/mol. The molecule has 108 valence electrons. The lowest BCUT2D eigenvalue weighted by atomic mass is 9.97. The standard InChI is InChI=1S/C19H32/c1-3-5-7-9-11-15-19-17-13-12-16-18(19)14-10-8-6-4-2/h12-13,16-17H,3-11,14-15H2,1-2H3. The molecule has 0 N–H and O–H groups in total. The highest BCUT2D eigenvalue weighted by molar-refractivity contribution is 5.27. The highest BCUT2D eigenvalue weighted by atomic mass is 14.1. The summed E-state index contributed by atoms with van der Waals surface area (Å²) in [5.41, 5.74) is 3.21. The second-order valence-electron chi connectivity index (χ2n) is 5.74. The van der Waals surface area contributed by atoms with Gasteiger partial charge in [-0.1, -0.05) is 83.1 Å². The molecule has 0 heterocycles. The van der Waals surface area contributed by atoms with E-state index in [4.69, 9.17) is 0 Å². The Hall–Kier alpha value is -0.780. The van der Waals surface area contributed by atoms with Crippen molar-refractivity contribution in [2.45, 2.75) is 84.5 Å². The molecule has 0 amide bonds. The predicted octanol–water partition coefficient (Wildman–Crippen LogP) is 6.32. The van der Waals surface area contributed by atoms with Crippen LogP contribution in [0, 0.1) is 0 Å². The maximum absolute atomic E-state index is 2.34. The first-order valence-corrected chi connectivity index (χ1v) is 8.45. The molecule has 0 saturated heterocycles. The second-order valence-corrected chi connectivity index (χ2v) is 5.74. The van der Waals surface area contributed by atoms with Crippen LogP contribution in [0.5, 0.6) is 0 Å². The van der Waals surface area contributed by atoms with Crippen molar-refractivity contribution in [3.8, 4) is 0 Å². The number of hydrogen-bond acceptors (Lipinski definition) is 0. The summed E-state index contributed by atoms with van der Waals surface area (Å²) < 4.78 is 0. The minimum Gasteiger partial charge on any atom is -0.0654 e. The molecule has 0 nitrogen and oxygen atoms in total. The summed E-state index contributed by atoms with van der Waals surface area (Å²) in [6, 6.07) is 9.09. The number of hydrogen-bond donors (Lipinski definition) is 0. The summed E-state index contributed by atoms with van der Waals surface area (Å²) >= 11 is 0. The van der Waals surface area contributed by atoms with E-state index < -0.39 is 0 Å². The normalized spacial score (nSPS) is 10.8. The van der Waals surface area contributed by atoms with E-state index in [0.717, 1.165) is 0 Å². The Bertz CT molecular complexity index is 314. The van der Waals surface area contributed by atoms with Crippen molar-refractivity contribution in [1.29, 1.82) is 0 Å². The first-order chi connectivity index (χ1) is 9.38. The van der Waals surface area contributed by atoms with Gasteiger partial charge >= 0.3 is 0 Å². The van der Waals surface area contributed by atoms with Crippen LogP contribution in [0.4, 0.5) is 0 Å². The van der Waals surface area contributed by atoms with Gasteiger partial charge < -0.3 is 0 Å². The molecule has 1 rings (SSSR count). The van der Waals surface area contributed by atoms with Crippen molar-refractivity contribution >= 4 is 0 Å². The van der Waals surface area contributed by atoms with Crippen molar-refractivity contribution in [2.24, 2.45) is 0 Å². The summed E-state index contributed by atoms with van der Waals surface area (Å²) in [6.45, 7) is 4.57. The van der Waals surface area contributed by atoms with Crippen LogP contribution >= 0.6 is 0 Å². The Morgan fingerprint density at radius 1 is 0.579 bits per heavy atom. The van der Waals surface area contributed by atoms with E-state index in [-0.39, 0.29) is 0 Å². The van der Waals surface area contributed by atoms with Crippen LogP contribution in [0.25, 0.3) is 0 Å². The Labute approximate surface area is 120 Å². The zero-order chi connectivity index (χ0) is 13.8. The van der Waals surface area contributed by atoms with E-state index in [0.29, 0.717) is 0 Å². The fraction of sp³-hybridized carbons (Fsp3) is 0.684. The fourth-order valence-corrected chi connectivity index (χ4v) is 2.71. The lowest BCUT2D eigenvalue weighted by Gasteiger charge is -2.09. The van der Waals surface area contributed by atoms with Gasteiger partial charge in [0.15, 0.2) is 0 Å². The molecule has 0 fully saturated rings. The summed E-state index contributed by atoms with van der Waals surface area (Å²) in [5.74, 6) is 0. The van der Waals surface area contributed by atoms with Gasteiger partial charge in [0.2, 0.25) is 0 Å². The highest BCUT2D eigenvalue weighted by Crippen LogP contribution is 2.16. The maximum Gasteiger partial charge on any atom is -0.0276 e. The molecular weight excluding hydrogens is 228 g/mol. The molecule has 0 aliphatic heterocycles. The minimum absolute atomic E-state index is 1.28. The van der Waals surface area contributed by atoms with Gasteiger partial charge in [0, 0.05) is 0 Å². The molecule has 0 aliphatic carbocycles. The molecule has 0 unspecified atom stereocenters. The van der Waals surface area contributed by atoms with Crippen LogP contribution in [-0.4, -0.2) is 0 Å². The molecular formula is C19H32. The SMILES string of the molecule is CCCCCCCc1ccccc1CCCCCC. The third-order valence-corrected chi connectivity index (χ3v) is 3.97. The zero-order valence-corrected chi connectivity index (χ0v) is 13.1. The maximum atomic E-state index is 2.34. The number of unbranched alkanes of at least 4 members (excludes halogenated alkanes) is 7. The van der Waals surface area contributed by atoms with Crippen molar-refractivity contribution in [3.05, 3.63) is 35.4 Å². The van der Waals surface area contributed by atoms with E-state index in [1.54, 1.807) is 11.1 Å². The highest BCUT2D eigenvalue weighted by Gasteiger charge is 2.01. The summed E-state index contributed by atoms with van der Waals surface area (Å²) in [4.78, 5) is 0. The lowest BCUT2D eigenvalue weighted by molar-refractivity contribution is 0.627. The molecule has 0 radical (unpaired) electrons. The van der Waals surface area contributed by atoms with Gasteiger partial charge in [-0.15, -0.1) is 0 Å². The van der Waals surface area contributed by atoms with Crippen LogP contribution in [0.1, 0.15) is 82.8 Å². The number of aryl methyl sites for hydroxylation is 2. The van der Waals surface area contributed by atoms with Gasteiger partial charge in [-0.25, -0.2) is 0 Å². The molecule has 0 bridgehead atoms. The van der Waals surface area contributed by atoms with Crippen LogP contribution in [-0.2, 0) is 12.8 Å². The second kappa shape index (κ2) is 11.1. The topological polar surface area (TPSA) is 0 Å². The van der Waals surface area contributed by atoms with E-state index in [2.05, 4.69) is 38.1 Å². The van der Waals surface area contributed by atoms with Gasteiger partial charge in [0.05, 0.1) is 0 Å². The predicted molar refractivity (Wildman–Crippen MR) is 86.8 cm³/mol. The van der Waals surface area contributed by atoms with Crippen LogP contribution in [0.3, 0.4) is 0 Å². The van der Waals surface area contributed by atoms with Crippen LogP contribution in [0.15, 0.2) is 24.3 Å². The molecule has 1 aromatic carbocycles. The molecule has 0 aliphatic rings. The first-order valence-electron chi connectivity index (χ1n) is 8.45. The largest absolute Gasteiger partial charge is 0.0654 e. The fourth-order valence-electron chi connectivity index (χ4n) is 2.71. The van der Waals surface area contributed by atoms with E-state index in [1.165, 1.54) is 70.6 Å².